The van der Waals surface area contributed by atoms with Crippen LogP contribution in [0.5, 0.6) is 0 Å². The van der Waals surface area contributed by atoms with E-state index in [1.54, 1.807) is 5.57 Å². The zero-order valence-electron chi connectivity index (χ0n) is 13.8. The van der Waals surface area contributed by atoms with E-state index in [1.807, 2.05) is 0 Å². The topological polar surface area (TPSA) is 20.2 Å². The minimum absolute atomic E-state index is 0.157. The van der Waals surface area contributed by atoms with E-state index >= 15 is 0 Å². The molecule has 0 unspecified atom stereocenters. The van der Waals surface area contributed by atoms with Crippen molar-refractivity contribution in [2.45, 2.75) is 63.9 Å². The van der Waals surface area contributed by atoms with Crippen LogP contribution in [0.4, 0.5) is 0 Å². The van der Waals surface area contributed by atoms with Crippen molar-refractivity contribution in [2.75, 3.05) is 0 Å². The molecule has 0 saturated heterocycles. The van der Waals surface area contributed by atoms with Gasteiger partial charge in [-0.3, -0.25) is 0 Å². The second-order valence-electron chi connectivity index (χ2n) is 8.45. The van der Waals surface area contributed by atoms with Crippen LogP contribution in [0.3, 0.4) is 0 Å². The molecule has 1 nitrogen and oxygen atoms in total. The summed E-state index contributed by atoms with van der Waals surface area (Å²) >= 11 is 0. The summed E-state index contributed by atoms with van der Waals surface area (Å²) in [5.41, 5.74) is 2.00. The van der Waals surface area contributed by atoms with Crippen molar-refractivity contribution < 1.29 is 5.11 Å². The van der Waals surface area contributed by atoms with Gasteiger partial charge in [0.25, 0.3) is 0 Å². The number of aliphatic hydroxyl groups is 1. The minimum atomic E-state index is -0.922. The maximum Gasteiger partial charge on any atom is 0.131 e. The van der Waals surface area contributed by atoms with Crippen LogP contribution in [-0.2, 0) is 0 Å². The highest BCUT2D eigenvalue weighted by atomic mass is 16.3. The van der Waals surface area contributed by atoms with Crippen molar-refractivity contribution in [3.63, 3.8) is 0 Å². The summed E-state index contributed by atoms with van der Waals surface area (Å²) in [5, 5.41) is 11.0. The van der Waals surface area contributed by atoms with E-state index in [4.69, 9.17) is 6.42 Å². The quantitative estimate of drug-likeness (QED) is 0.516. The predicted molar refractivity (Wildman–Crippen MR) is 90.0 cm³/mol. The first-order valence-corrected chi connectivity index (χ1v) is 9.07. The van der Waals surface area contributed by atoms with Crippen molar-refractivity contribution in [3.05, 3.63) is 23.8 Å². The van der Waals surface area contributed by atoms with Crippen molar-refractivity contribution >= 4 is 0 Å². The monoisotopic (exact) mass is 296 g/mol. The summed E-state index contributed by atoms with van der Waals surface area (Å²) in [6.45, 7) is 6.72. The third-order valence-corrected chi connectivity index (χ3v) is 7.66. The standard InChI is InChI=1S/C21H28O/c1-4-21(22)12-11-18-17-10-9-15-7-5-6-8-16(15)19(17)14(2)13-20(18,21)3/h1,7,16-19,22H,2,5-6,8-13H2,3H3/t16-,17-,18+,19-,20+,21+/m0/s1. The largest absolute Gasteiger partial charge is 0.377 e. The first kappa shape index (κ1) is 14.6. The second-order valence-corrected chi connectivity index (χ2v) is 8.45. The predicted octanol–water partition coefficient (Wildman–Crippen LogP) is 4.48. The van der Waals surface area contributed by atoms with Crippen LogP contribution in [-0.4, -0.2) is 10.7 Å². The Balaban J connectivity index is 1.72. The zero-order chi connectivity index (χ0) is 15.5. The lowest BCUT2D eigenvalue weighted by Crippen LogP contribution is -2.52. The lowest BCUT2D eigenvalue weighted by Gasteiger charge is -2.55. The van der Waals surface area contributed by atoms with Gasteiger partial charge in [-0.2, -0.15) is 0 Å². The van der Waals surface area contributed by atoms with Crippen molar-refractivity contribution in [2.24, 2.45) is 29.1 Å². The Labute approximate surface area is 134 Å². The molecule has 0 aromatic carbocycles. The third kappa shape index (κ3) is 1.71. The number of hydrogen-bond acceptors (Lipinski definition) is 1. The van der Waals surface area contributed by atoms with Gasteiger partial charge < -0.3 is 5.11 Å². The van der Waals surface area contributed by atoms with Gasteiger partial charge in [-0.1, -0.05) is 36.6 Å². The Morgan fingerprint density at radius 2 is 2.18 bits per heavy atom. The average molecular weight is 296 g/mol. The highest BCUT2D eigenvalue weighted by molar-refractivity contribution is 5.31. The molecule has 22 heavy (non-hydrogen) atoms. The summed E-state index contributed by atoms with van der Waals surface area (Å²) in [4.78, 5) is 0. The molecule has 4 aliphatic carbocycles. The fourth-order valence-electron chi connectivity index (χ4n) is 6.58. The van der Waals surface area contributed by atoms with Gasteiger partial charge in [0.05, 0.1) is 0 Å². The summed E-state index contributed by atoms with van der Waals surface area (Å²) in [6, 6.07) is 0. The van der Waals surface area contributed by atoms with Gasteiger partial charge in [-0.15, -0.1) is 6.42 Å². The maximum absolute atomic E-state index is 11.0. The Bertz CT molecular complexity index is 579. The first-order valence-electron chi connectivity index (χ1n) is 9.07. The molecular formula is C21H28O. The summed E-state index contributed by atoms with van der Waals surface area (Å²) in [7, 11) is 0. The van der Waals surface area contributed by atoms with Crippen LogP contribution in [0.15, 0.2) is 23.8 Å². The molecule has 0 radical (unpaired) electrons. The van der Waals surface area contributed by atoms with Crippen LogP contribution >= 0.6 is 0 Å². The molecule has 0 heterocycles. The van der Waals surface area contributed by atoms with E-state index < -0.39 is 5.60 Å². The molecule has 1 N–H and O–H groups in total. The van der Waals surface area contributed by atoms with Gasteiger partial charge in [0, 0.05) is 5.41 Å². The summed E-state index contributed by atoms with van der Waals surface area (Å²) in [6.07, 6.45) is 17.5. The number of rotatable bonds is 0. The second kappa shape index (κ2) is 4.75. The Morgan fingerprint density at radius 1 is 1.36 bits per heavy atom. The van der Waals surface area contributed by atoms with Crippen molar-refractivity contribution in [1.82, 2.24) is 0 Å². The van der Waals surface area contributed by atoms with Crippen LogP contribution in [0.1, 0.15) is 58.3 Å². The van der Waals surface area contributed by atoms with Crippen LogP contribution in [0, 0.1) is 41.4 Å². The molecule has 4 rings (SSSR count). The molecule has 0 aliphatic heterocycles. The molecule has 0 bridgehead atoms. The molecule has 0 aromatic heterocycles. The molecule has 118 valence electrons. The summed E-state index contributed by atoms with van der Waals surface area (Å²) in [5.74, 6) is 5.41. The fraction of sp³-hybridized carbons (Fsp3) is 0.714. The fourth-order valence-corrected chi connectivity index (χ4v) is 6.58. The van der Waals surface area contributed by atoms with E-state index in [0.717, 1.165) is 25.2 Å². The zero-order valence-corrected chi connectivity index (χ0v) is 13.8. The van der Waals surface area contributed by atoms with Gasteiger partial charge in [-0.05, 0) is 75.0 Å². The molecule has 0 aromatic rings. The number of fused-ring (bicyclic) bond motifs is 5. The lowest BCUT2D eigenvalue weighted by atomic mass is 9.49. The van der Waals surface area contributed by atoms with Gasteiger partial charge in [0.1, 0.15) is 5.60 Å². The van der Waals surface area contributed by atoms with E-state index in [-0.39, 0.29) is 5.41 Å². The lowest BCUT2D eigenvalue weighted by molar-refractivity contribution is -0.0644. The SMILES string of the molecule is C#C[C@@]1(O)CC[C@@H]2[C@@H]3CCC4=CCCC[C@@H]4[C@@H]3C(=C)C[C@]21C. The van der Waals surface area contributed by atoms with Crippen LogP contribution in [0.25, 0.3) is 0 Å². The Hall–Kier alpha value is -1.00. The minimum Gasteiger partial charge on any atom is -0.377 e. The van der Waals surface area contributed by atoms with Crippen molar-refractivity contribution in [1.29, 1.82) is 0 Å². The van der Waals surface area contributed by atoms with Gasteiger partial charge >= 0.3 is 0 Å². The van der Waals surface area contributed by atoms with E-state index in [0.29, 0.717) is 17.8 Å². The molecule has 3 saturated carbocycles. The highest BCUT2D eigenvalue weighted by Crippen LogP contribution is 2.65. The van der Waals surface area contributed by atoms with Gasteiger partial charge in [-0.25, -0.2) is 0 Å². The average Bonchev–Trinajstić information content (AvgIpc) is 2.79. The molecule has 1 heteroatoms. The normalized spacial score (nSPS) is 50.4. The smallest absolute Gasteiger partial charge is 0.131 e. The molecule has 0 spiro atoms. The summed E-state index contributed by atoms with van der Waals surface area (Å²) < 4.78 is 0. The van der Waals surface area contributed by atoms with E-state index in [2.05, 4.69) is 25.5 Å². The Morgan fingerprint density at radius 3 is 2.95 bits per heavy atom. The highest BCUT2D eigenvalue weighted by Gasteiger charge is 2.62. The van der Waals surface area contributed by atoms with E-state index in [1.165, 1.54) is 37.7 Å². The molecule has 0 amide bonds. The molecule has 6 atom stereocenters. The van der Waals surface area contributed by atoms with Crippen molar-refractivity contribution in [3.8, 4) is 12.3 Å². The maximum atomic E-state index is 11.0. The number of hydrogen-bond donors (Lipinski definition) is 1. The number of allylic oxidation sites excluding steroid dienone is 3. The van der Waals surface area contributed by atoms with Gasteiger partial charge in [0.2, 0.25) is 0 Å². The van der Waals surface area contributed by atoms with Crippen LogP contribution in [0.2, 0.25) is 0 Å². The third-order valence-electron chi connectivity index (χ3n) is 7.66. The van der Waals surface area contributed by atoms with E-state index in [9.17, 15) is 5.11 Å². The molecule has 4 aliphatic rings. The molecule has 3 fully saturated rings. The van der Waals surface area contributed by atoms with Crippen LogP contribution < -0.4 is 0 Å². The number of terminal acetylenes is 1. The van der Waals surface area contributed by atoms with Gasteiger partial charge in [0.15, 0.2) is 0 Å². The first-order chi connectivity index (χ1) is 10.5. The Kier molecular flexibility index (Phi) is 3.15. The molecular weight excluding hydrogens is 268 g/mol.